The molecule has 0 aliphatic heterocycles. The average Bonchev–Trinajstić information content (AvgIpc) is 2.64. The molecule has 0 amide bonds. The Morgan fingerprint density at radius 1 is 1.50 bits per heavy atom. The Hall–Kier alpha value is -0.330. The molecule has 0 bridgehead atoms. The maximum absolute atomic E-state index is 10.4. The van der Waals surface area contributed by atoms with Gasteiger partial charge in [-0.3, -0.25) is 4.79 Å². The van der Waals surface area contributed by atoms with Crippen LogP contribution in [0.2, 0.25) is 0 Å². The van der Waals surface area contributed by atoms with E-state index in [1.54, 1.807) is 0 Å². The molecule has 0 heterocycles. The summed E-state index contributed by atoms with van der Waals surface area (Å²) < 4.78 is 0. The van der Waals surface area contributed by atoms with E-state index in [1.807, 2.05) is 0 Å². The maximum atomic E-state index is 10.4. The molecule has 57 valence electrons. The highest BCUT2D eigenvalue weighted by Gasteiger charge is 2.42. The zero-order valence-electron chi connectivity index (χ0n) is 6.81. The Balaban J connectivity index is 2.19. The average molecular weight is 139 g/mol. The normalized spacial score (nSPS) is 21.1. The van der Waals surface area contributed by atoms with E-state index in [2.05, 4.69) is 20.1 Å². The summed E-state index contributed by atoms with van der Waals surface area (Å²) in [6, 6.07) is 0. The van der Waals surface area contributed by atoms with Gasteiger partial charge in [0.25, 0.3) is 0 Å². The fourth-order valence-corrected chi connectivity index (χ4v) is 1.12. The van der Waals surface area contributed by atoms with E-state index >= 15 is 0 Å². The van der Waals surface area contributed by atoms with Gasteiger partial charge in [-0.15, -0.1) is 0 Å². The summed E-state index contributed by atoms with van der Waals surface area (Å²) >= 11 is 0. The first-order chi connectivity index (χ1) is 4.68. The summed E-state index contributed by atoms with van der Waals surface area (Å²) in [5, 5.41) is 0. The Labute approximate surface area is 62.8 Å². The van der Waals surface area contributed by atoms with Crippen LogP contribution in [0.1, 0.15) is 39.5 Å². The molecule has 0 N–H and O–H groups in total. The van der Waals surface area contributed by atoms with Gasteiger partial charge in [0.2, 0.25) is 6.29 Å². The molecule has 1 saturated carbocycles. The molecule has 1 aliphatic rings. The summed E-state index contributed by atoms with van der Waals surface area (Å²) in [6.07, 6.45) is 6.57. The zero-order chi connectivity index (χ0) is 7.61. The van der Waals surface area contributed by atoms with Crippen molar-refractivity contribution in [1.29, 1.82) is 0 Å². The largest absolute Gasteiger partial charge is 0.290 e. The van der Waals surface area contributed by atoms with Crippen LogP contribution in [0.25, 0.3) is 0 Å². The van der Waals surface area contributed by atoms with Gasteiger partial charge in [-0.1, -0.05) is 20.3 Å². The summed E-state index contributed by atoms with van der Waals surface area (Å²) in [4.78, 5) is 10.4. The van der Waals surface area contributed by atoms with E-state index in [4.69, 9.17) is 0 Å². The van der Waals surface area contributed by atoms with E-state index < -0.39 is 0 Å². The van der Waals surface area contributed by atoms with Crippen LogP contribution in [0, 0.1) is 11.3 Å². The highest BCUT2D eigenvalue weighted by molar-refractivity contribution is 5.64. The molecule has 1 heteroatoms. The number of carbonyl (C=O) groups excluding carboxylic acids is 1. The SMILES string of the molecule is CC(C)CCC1([C]=O)CC1. The summed E-state index contributed by atoms with van der Waals surface area (Å²) in [5.41, 5.74) is 0.0181. The monoisotopic (exact) mass is 139 g/mol. The third-order valence-electron chi connectivity index (χ3n) is 2.27. The molecular formula is C9H15O. The fourth-order valence-electron chi connectivity index (χ4n) is 1.12. The zero-order valence-corrected chi connectivity index (χ0v) is 6.81. The van der Waals surface area contributed by atoms with Crippen LogP contribution in [-0.2, 0) is 4.79 Å². The predicted octanol–water partition coefficient (Wildman–Crippen LogP) is 2.31. The molecule has 0 atom stereocenters. The Morgan fingerprint density at radius 3 is 2.40 bits per heavy atom. The van der Waals surface area contributed by atoms with Crippen molar-refractivity contribution in [2.24, 2.45) is 11.3 Å². The van der Waals surface area contributed by atoms with E-state index in [0.717, 1.165) is 25.2 Å². The van der Waals surface area contributed by atoms with Crippen molar-refractivity contribution in [1.82, 2.24) is 0 Å². The van der Waals surface area contributed by atoms with Crippen LogP contribution in [0.15, 0.2) is 0 Å². The van der Waals surface area contributed by atoms with Crippen LogP contribution < -0.4 is 0 Å². The molecule has 0 aromatic rings. The second-order valence-electron chi connectivity index (χ2n) is 3.81. The number of rotatable bonds is 4. The van der Waals surface area contributed by atoms with Crippen LogP contribution in [0.5, 0.6) is 0 Å². The molecule has 0 aromatic heterocycles. The van der Waals surface area contributed by atoms with Gasteiger partial charge in [-0.2, -0.15) is 0 Å². The Kier molecular flexibility index (Phi) is 2.12. The number of hydrogen-bond donors (Lipinski definition) is 0. The van der Waals surface area contributed by atoms with E-state index in [1.165, 1.54) is 6.42 Å². The summed E-state index contributed by atoms with van der Waals surface area (Å²) in [7, 11) is 0. The van der Waals surface area contributed by atoms with Crippen LogP contribution in [-0.4, -0.2) is 6.29 Å². The molecule has 10 heavy (non-hydrogen) atoms. The topological polar surface area (TPSA) is 17.1 Å². The van der Waals surface area contributed by atoms with Gasteiger partial charge in [0.15, 0.2) is 0 Å². The highest BCUT2D eigenvalue weighted by atomic mass is 16.1. The lowest BCUT2D eigenvalue weighted by Crippen LogP contribution is -2.03. The van der Waals surface area contributed by atoms with Crippen LogP contribution in [0.3, 0.4) is 0 Å². The second kappa shape index (κ2) is 2.73. The van der Waals surface area contributed by atoms with Crippen molar-refractivity contribution in [2.75, 3.05) is 0 Å². The van der Waals surface area contributed by atoms with Gasteiger partial charge in [0, 0.05) is 5.41 Å². The molecule has 1 radical (unpaired) electrons. The Morgan fingerprint density at radius 2 is 2.10 bits per heavy atom. The molecule has 1 nitrogen and oxygen atoms in total. The predicted molar refractivity (Wildman–Crippen MR) is 41.4 cm³/mol. The third-order valence-corrected chi connectivity index (χ3v) is 2.27. The van der Waals surface area contributed by atoms with E-state index in [-0.39, 0.29) is 5.41 Å². The lowest BCUT2D eigenvalue weighted by Gasteiger charge is -2.07. The lowest BCUT2D eigenvalue weighted by molar-refractivity contribution is 0.454. The van der Waals surface area contributed by atoms with Crippen molar-refractivity contribution in [3.63, 3.8) is 0 Å². The third kappa shape index (κ3) is 1.83. The van der Waals surface area contributed by atoms with Gasteiger partial charge in [-0.05, 0) is 25.2 Å². The maximum Gasteiger partial charge on any atom is 0.205 e. The van der Waals surface area contributed by atoms with Crippen LogP contribution in [0.4, 0.5) is 0 Å². The molecule has 1 fully saturated rings. The molecule has 1 aliphatic carbocycles. The van der Waals surface area contributed by atoms with Gasteiger partial charge < -0.3 is 0 Å². The van der Waals surface area contributed by atoms with Crippen molar-refractivity contribution in [3.8, 4) is 0 Å². The van der Waals surface area contributed by atoms with E-state index in [9.17, 15) is 4.79 Å². The second-order valence-corrected chi connectivity index (χ2v) is 3.81. The molecule has 1 rings (SSSR count). The summed E-state index contributed by atoms with van der Waals surface area (Å²) in [5.74, 6) is 0.728. The van der Waals surface area contributed by atoms with E-state index in [0.29, 0.717) is 0 Å². The fraction of sp³-hybridized carbons (Fsp3) is 0.889. The van der Waals surface area contributed by atoms with Crippen molar-refractivity contribution in [2.45, 2.75) is 39.5 Å². The smallest absolute Gasteiger partial charge is 0.205 e. The number of hydrogen-bond acceptors (Lipinski definition) is 1. The Bertz CT molecular complexity index is 123. The molecule has 0 saturated heterocycles. The molecule has 0 unspecified atom stereocenters. The standard InChI is InChI=1S/C9H15O/c1-8(2)3-4-9(7-10)5-6-9/h8H,3-6H2,1-2H3. The van der Waals surface area contributed by atoms with Gasteiger partial charge in [0.05, 0.1) is 0 Å². The minimum atomic E-state index is 0.0181. The summed E-state index contributed by atoms with van der Waals surface area (Å²) in [6.45, 7) is 4.39. The molecular weight excluding hydrogens is 124 g/mol. The minimum Gasteiger partial charge on any atom is -0.290 e. The van der Waals surface area contributed by atoms with Crippen molar-refractivity contribution < 1.29 is 4.79 Å². The molecule has 0 spiro atoms. The first kappa shape index (κ1) is 7.77. The first-order valence-electron chi connectivity index (χ1n) is 4.08. The molecule has 0 aromatic carbocycles. The van der Waals surface area contributed by atoms with Crippen LogP contribution >= 0.6 is 0 Å². The van der Waals surface area contributed by atoms with Gasteiger partial charge >= 0.3 is 0 Å². The highest BCUT2D eigenvalue weighted by Crippen LogP contribution is 2.47. The van der Waals surface area contributed by atoms with Crippen molar-refractivity contribution >= 4 is 6.29 Å². The quantitative estimate of drug-likeness (QED) is 0.584. The minimum absolute atomic E-state index is 0.0181. The first-order valence-corrected chi connectivity index (χ1v) is 4.08. The van der Waals surface area contributed by atoms with Gasteiger partial charge in [0.1, 0.15) is 0 Å². The lowest BCUT2D eigenvalue weighted by atomic mass is 9.97. The van der Waals surface area contributed by atoms with Gasteiger partial charge in [-0.25, -0.2) is 0 Å². The van der Waals surface area contributed by atoms with Crippen molar-refractivity contribution in [3.05, 3.63) is 0 Å².